The van der Waals surface area contributed by atoms with E-state index >= 15 is 0 Å². The van der Waals surface area contributed by atoms with E-state index in [2.05, 4.69) is 31.8 Å². The molecule has 0 heterocycles. The van der Waals surface area contributed by atoms with Gasteiger partial charge in [0, 0.05) is 10.0 Å². The summed E-state index contributed by atoms with van der Waals surface area (Å²) in [6.45, 7) is 0. The number of para-hydroxylation sites is 1. The highest BCUT2D eigenvalue weighted by Crippen LogP contribution is 2.17. The molecule has 3 aromatic rings. The number of phenolic OH excluding ortho intramolecular Hbond substituents is 1. The molecule has 7 heteroatoms. The summed E-state index contributed by atoms with van der Waals surface area (Å²) in [6.07, 6.45) is 1.46. The third-order valence-corrected chi connectivity index (χ3v) is 4.33. The van der Waals surface area contributed by atoms with Gasteiger partial charge in [-0.05, 0) is 66.2 Å². The number of phenols is 1. The zero-order chi connectivity index (χ0) is 19.9. The van der Waals surface area contributed by atoms with Gasteiger partial charge >= 0.3 is 0 Å². The van der Waals surface area contributed by atoms with Crippen LogP contribution >= 0.6 is 15.9 Å². The summed E-state index contributed by atoms with van der Waals surface area (Å²) >= 11 is 3.33. The van der Waals surface area contributed by atoms with Crippen LogP contribution in [0.1, 0.15) is 26.3 Å². The van der Waals surface area contributed by atoms with E-state index < -0.39 is 5.91 Å². The SMILES string of the molecule is O=C(Nc1ccccc1C(=O)N/N=C\c1ccc(O)cc1)c1ccc(Br)cc1. The molecule has 6 nitrogen and oxygen atoms in total. The lowest BCUT2D eigenvalue weighted by atomic mass is 10.1. The van der Waals surface area contributed by atoms with Crippen LogP contribution in [0.2, 0.25) is 0 Å². The fourth-order valence-corrected chi connectivity index (χ4v) is 2.64. The highest BCUT2D eigenvalue weighted by molar-refractivity contribution is 9.10. The molecule has 0 fully saturated rings. The Morgan fingerprint density at radius 3 is 2.29 bits per heavy atom. The molecule has 0 aliphatic carbocycles. The molecule has 0 unspecified atom stereocenters. The Hall–Kier alpha value is -3.45. The number of hydrazone groups is 1. The summed E-state index contributed by atoms with van der Waals surface area (Å²) in [5.74, 6) is -0.626. The summed E-state index contributed by atoms with van der Waals surface area (Å²) < 4.78 is 0.871. The zero-order valence-corrected chi connectivity index (χ0v) is 16.2. The van der Waals surface area contributed by atoms with Crippen LogP contribution in [0, 0.1) is 0 Å². The van der Waals surface area contributed by atoms with Crippen LogP contribution in [0.3, 0.4) is 0 Å². The number of aromatic hydroxyl groups is 1. The highest BCUT2D eigenvalue weighted by atomic mass is 79.9. The van der Waals surface area contributed by atoms with Gasteiger partial charge in [-0.15, -0.1) is 0 Å². The maximum Gasteiger partial charge on any atom is 0.273 e. The molecule has 0 aliphatic rings. The van der Waals surface area contributed by atoms with Crippen LogP contribution in [0.4, 0.5) is 5.69 Å². The first-order valence-corrected chi connectivity index (χ1v) is 9.10. The Morgan fingerprint density at radius 1 is 0.893 bits per heavy atom. The van der Waals surface area contributed by atoms with Crippen LogP contribution in [-0.4, -0.2) is 23.1 Å². The van der Waals surface area contributed by atoms with Gasteiger partial charge in [-0.25, -0.2) is 5.43 Å². The van der Waals surface area contributed by atoms with E-state index in [1.54, 1.807) is 60.7 Å². The van der Waals surface area contributed by atoms with Gasteiger partial charge in [0.25, 0.3) is 11.8 Å². The average molecular weight is 438 g/mol. The standard InChI is InChI=1S/C21H16BrN3O3/c22-16-9-7-15(8-10-16)20(27)24-19-4-2-1-3-18(19)21(28)25-23-13-14-5-11-17(26)12-6-14/h1-13,26H,(H,24,27)(H,25,28)/b23-13-. The Labute approximate surface area is 170 Å². The lowest BCUT2D eigenvalue weighted by Gasteiger charge is -2.10. The Balaban J connectivity index is 1.70. The van der Waals surface area contributed by atoms with Gasteiger partial charge < -0.3 is 10.4 Å². The minimum atomic E-state index is -0.457. The number of nitrogens with one attached hydrogen (secondary N) is 2. The van der Waals surface area contributed by atoms with Crippen molar-refractivity contribution in [3.05, 3.63) is 94.0 Å². The van der Waals surface area contributed by atoms with Gasteiger partial charge in [0.2, 0.25) is 0 Å². The molecule has 0 aromatic heterocycles. The Bertz CT molecular complexity index is 1020. The van der Waals surface area contributed by atoms with E-state index in [0.717, 1.165) is 10.0 Å². The molecule has 3 aromatic carbocycles. The maximum atomic E-state index is 12.5. The normalized spacial score (nSPS) is 10.6. The van der Waals surface area contributed by atoms with Gasteiger partial charge in [-0.2, -0.15) is 5.10 Å². The molecule has 140 valence electrons. The van der Waals surface area contributed by atoms with Crippen LogP contribution in [0.5, 0.6) is 5.75 Å². The van der Waals surface area contributed by atoms with E-state index in [0.29, 0.717) is 11.3 Å². The third kappa shape index (κ3) is 5.05. The summed E-state index contributed by atoms with van der Waals surface area (Å²) in [4.78, 5) is 24.9. The van der Waals surface area contributed by atoms with Crippen molar-refractivity contribution in [2.24, 2.45) is 5.10 Å². The fraction of sp³-hybridized carbons (Fsp3) is 0. The van der Waals surface area contributed by atoms with Gasteiger partial charge in [-0.3, -0.25) is 9.59 Å². The number of carbonyl (C=O) groups excluding carboxylic acids is 2. The number of hydrogen-bond donors (Lipinski definition) is 3. The Morgan fingerprint density at radius 2 is 1.57 bits per heavy atom. The number of benzene rings is 3. The highest BCUT2D eigenvalue weighted by Gasteiger charge is 2.13. The van der Waals surface area contributed by atoms with E-state index in [4.69, 9.17) is 0 Å². The van der Waals surface area contributed by atoms with Gasteiger partial charge in [0.1, 0.15) is 5.75 Å². The van der Waals surface area contributed by atoms with E-state index in [9.17, 15) is 14.7 Å². The summed E-state index contributed by atoms with van der Waals surface area (Å²) in [7, 11) is 0. The maximum absolute atomic E-state index is 12.5. The number of halogens is 1. The molecule has 0 saturated carbocycles. The quantitative estimate of drug-likeness (QED) is 0.413. The molecule has 0 saturated heterocycles. The van der Waals surface area contributed by atoms with Crippen LogP contribution in [0.15, 0.2) is 82.4 Å². The number of nitrogens with zero attached hydrogens (tertiary/aromatic N) is 1. The van der Waals surface area contributed by atoms with Gasteiger partial charge in [0.05, 0.1) is 17.5 Å². The zero-order valence-electron chi connectivity index (χ0n) is 14.6. The molecule has 28 heavy (non-hydrogen) atoms. The molecular formula is C21H16BrN3O3. The first kappa shape index (κ1) is 19.3. The van der Waals surface area contributed by atoms with E-state index in [1.165, 1.54) is 18.3 Å². The second kappa shape index (κ2) is 8.96. The number of amides is 2. The van der Waals surface area contributed by atoms with Crippen LogP contribution in [-0.2, 0) is 0 Å². The van der Waals surface area contributed by atoms with Crippen molar-refractivity contribution in [3.8, 4) is 5.75 Å². The van der Waals surface area contributed by atoms with Crippen LogP contribution in [0.25, 0.3) is 0 Å². The minimum Gasteiger partial charge on any atom is -0.508 e. The lowest BCUT2D eigenvalue weighted by Crippen LogP contribution is -2.21. The molecular weight excluding hydrogens is 422 g/mol. The monoisotopic (exact) mass is 437 g/mol. The second-order valence-corrected chi connectivity index (χ2v) is 6.71. The van der Waals surface area contributed by atoms with Crippen molar-refractivity contribution < 1.29 is 14.7 Å². The topological polar surface area (TPSA) is 90.8 Å². The number of anilines is 1. The van der Waals surface area contributed by atoms with Gasteiger partial charge in [-0.1, -0.05) is 28.1 Å². The number of rotatable bonds is 5. The summed E-state index contributed by atoms with van der Waals surface area (Å²) in [5.41, 5.74) is 4.30. The first-order chi connectivity index (χ1) is 13.5. The largest absolute Gasteiger partial charge is 0.508 e. The summed E-state index contributed by atoms with van der Waals surface area (Å²) in [6, 6.07) is 20.0. The Kier molecular flexibility index (Phi) is 6.18. The van der Waals surface area contributed by atoms with Crippen molar-refractivity contribution in [2.75, 3.05) is 5.32 Å². The van der Waals surface area contributed by atoms with E-state index in [-0.39, 0.29) is 17.2 Å². The molecule has 0 radical (unpaired) electrons. The lowest BCUT2D eigenvalue weighted by molar-refractivity contribution is 0.0956. The molecule has 2 amide bonds. The second-order valence-electron chi connectivity index (χ2n) is 5.80. The molecule has 0 atom stereocenters. The van der Waals surface area contributed by atoms with Crippen molar-refractivity contribution >= 4 is 39.6 Å². The van der Waals surface area contributed by atoms with E-state index in [1.807, 2.05) is 0 Å². The van der Waals surface area contributed by atoms with Crippen molar-refractivity contribution in [1.82, 2.24) is 5.43 Å². The van der Waals surface area contributed by atoms with Crippen LogP contribution < -0.4 is 10.7 Å². The fourth-order valence-electron chi connectivity index (χ4n) is 2.37. The van der Waals surface area contributed by atoms with Crippen molar-refractivity contribution in [3.63, 3.8) is 0 Å². The molecule has 0 bridgehead atoms. The molecule has 3 rings (SSSR count). The van der Waals surface area contributed by atoms with Crippen molar-refractivity contribution in [2.45, 2.75) is 0 Å². The van der Waals surface area contributed by atoms with Crippen molar-refractivity contribution in [1.29, 1.82) is 0 Å². The number of carbonyl (C=O) groups is 2. The minimum absolute atomic E-state index is 0.150. The molecule has 3 N–H and O–H groups in total. The smallest absolute Gasteiger partial charge is 0.273 e. The predicted molar refractivity (Wildman–Crippen MR) is 112 cm³/mol. The molecule has 0 aliphatic heterocycles. The molecule has 0 spiro atoms. The third-order valence-electron chi connectivity index (χ3n) is 3.80. The predicted octanol–water partition coefficient (Wildman–Crippen LogP) is 4.17. The average Bonchev–Trinajstić information content (AvgIpc) is 2.70. The number of hydrogen-bond acceptors (Lipinski definition) is 4. The summed E-state index contributed by atoms with van der Waals surface area (Å²) in [5, 5.41) is 15.9. The van der Waals surface area contributed by atoms with Gasteiger partial charge in [0.15, 0.2) is 0 Å². The first-order valence-electron chi connectivity index (χ1n) is 8.31.